The van der Waals surface area contributed by atoms with Gasteiger partial charge in [-0.15, -0.1) is 10.9 Å². The van der Waals surface area contributed by atoms with Crippen LogP contribution in [0.1, 0.15) is 22.3 Å². The maximum atomic E-state index is 10.7. The number of rotatable bonds is 7. The molecule has 4 fully saturated rings. The summed E-state index contributed by atoms with van der Waals surface area (Å²) < 4.78 is 24.2. The van der Waals surface area contributed by atoms with Crippen LogP contribution >= 0.6 is 0 Å². The zero-order chi connectivity index (χ0) is 29.8. The lowest BCUT2D eigenvalue weighted by molar-refractivity contribution is -0.0940. The maximum Gasteiger partial charge on any atom is 0.412 e. The van der Waals surface area contributed by atoms with Crippen LogP contribution in [-0.4, -0.2) is 76.1 Å². The summed E-state index contributed by atoms with van der Waals surface area (Å²) in [4.78, 5) is 0. The van der Waals surface area contributed by atoms with E-state index in [1.165, 1.54) is 12.1 Å². The summed E-state index contributed by atoms with van der Waals surface area (Å²) in [6, 6.07) is 33.9. The van der Waals surface area contributed by atoms with Crippen LogP contribution in [-0.2, 0) is 18.7 Å². The molecule has 0 saturated carbocycles. The van der Waals surface area contributed by atoms with Gasteiger partial charge in [-0.05, 0) is 33.4 Å². The lowest BCUT2D eigenvalue weighted by Gasteiger charge is -2.37. The Balaban J connectivity index is 1.37. The molecule has 0 aromatic heterocycles. The zero-order valence-electron chi connectivity index (χ0n) is 23.0. The van der Waals surface area contributed by atoms with Gasteiger partial charge in [-0.2, -0.15) is 0 Å². The van der Waals surface area contributed by atoms with Crippen molar-refractivity contribution in [1.82, 2.24) is 0 Å². The predicted octanol–water partition coefficient (Wildman–Crippen LogP) is 0.855. The van der Waals surface area contributed by atoms with Gasteiger partial charge in [0, 0.05) is 0 Å². The van der Waals surface area contributed by atoms with E-state index in [4.69, 9.17) is 18.7 Å². The number of hydrogen-bond acceptors (Lipinski definition) is 9. The molecule has 0 radical (unpaired) electrons. The van der Waals surface area contributed by atoms with Crippen molar-refractivity contribution in [3.05, 3.63) is 131 Å². The highest BCUT2D eigenvalue weighted by Crippen LogP contribution is 2.43. The molecule has 5 N–H and O–H groups in total. The third kappa shape index (κ3) is 4.95. The fourth-order valence-electron chi connectivity index (χ4n) is 6.31. The molecule has 6 atom stereocenters. The van der Waals surface area contributed by atoms with Crippen LogP contribution in [0.3, 0.4) is 0 Å². The summed E-state index contributed by atoms with van der Waals surface area (Å²) in [7, 11) is 0. The molecule has 220 valence electrons. The van der Waals surface area contributed by atoms with E-state index in [9.17, 15) is 25.3 Å². The molecule has 1 unspecified atom stereocenters. The molecule has 9 nitrogen and oxygen atoms in total. The van der Waals surface area contributed by atoms with E-state index in [1.54, 1.807) is 12.1 Å². The molecule has 4 saturated heterocycles. The first-order chi connectivity index (χ1) is 20.8. The van der Waals surface area contributed by atoms with E-state index in [1.807, 2.05) is 84.9 Å². The van der Waals surface area contributed by atoms with Crippen LogP contribution in [0.5, 0.6) is 0 Å². The van der Waals surface area contributed by atoms with E-state index in [-0.39, 0.29) is 12.1 Å². The largest absolute Gasteiger partial charge is 0.556 e. The van der Waals surface area contributed by atoms with E-state index < -0.39 is 44.2 Å². The molecule has 4 heterocycles. The summed E-state index contributed by atoms with van der Waals surface area (Å²) in [5.41, 5.74) is 5.97. The summed E-state index contributed by atoms with van der Waals surface area (Å²) in [5, 5.41) is 49.9. The molecule has 4 aromatic carbocycles. The highest BCUT2D eigenvalue weighted by Gasteiger charge is 2.60. The second-order valence-electron chi connectivity index (χ2n) is 11.2. The second kappa shape index (κ2) is 10.8. The minimum Gasteiger partial charge on any atom is -0.556 e. The lowest BCUT2D eigenvalue weighted by atomic mass is 9.68. The monoisotopic (exact) mass is 580 g/mol. The molecule has 4 aliphatic heterocycles. The number of ether oxygens (including phenoxy) is 1. The predicted molar refractivity (Wildman–Crippen MR) is 161 cm³/mol. The first-order valence-electron chi connectivity index (χ1n) is 14.3. The van der Waals surface area contributed by atoms with Gasteiger partial charge in [0.2, 0.25) is 0 Å². The van der Waals surface area contributed by atoms with Gasteiger partial charge in [0.25, 0.3) is 0 Å². The molecule has 4 bridgehead atoms. The number of benzene rings is 4. The lowest BCUT2D eigenvalue weighted by Crippen LogP contribution is -2.55. The molecule has 0 aliphatic carbocycles. The summed E-state index contributed by atoms with van der Waals surface area (Å²) in [6.07, 6.45) is -4.04. The third-order valence-electron chi connectivity index (χ3n) is 8.41. The van der Waals surface area contributed by atoms with Gasteiger partial charge >= 0.3 is 13.5 Å². The first kappa shape index (κ1) is 28.2. The van der Waals surface area contributed by atoms with Gasteiger partial charge in [0.1, 0.15) is 18.5 Å². The average Bonchev–Trinajstić information content (AvgIpc) is 3.43. The molecule has 8 rings (SSSR count). The highest BCUT2D eigenvalue weighted by molar-refractivity contribution is 6.76. The average molecular weight is 580 g/mol. The summed E-state index contributed by atoms with van der Waals surface area (Å²) >= 11 is 0. The number of fused-ring (bicyclic) bond motifs is 1. The minimum absolute atomic E-state index is 0.00900. The maximum absolute atomic E-state index is 10.7. The van der Waals surface area contributed by atoms with Crippen LogP contribution in [0.25, 0.3) is 11.1 Å². The van der Waals surface area contributed by atoms with E-state index in [0.717, 1.165) is 33.4 Å². The first-order valence-corrected chi connectivity index (χ1v) is 14.3. The molecule has 11 heteroatoms. The van der Waals surface area contributed by atoms with Gasteiger partial charge in [0.15, 0.2) is 0 Å². The van der Waals surface area contributed by atoms with Crippen LogP contribution in [0.15, 0.2) is 109 Å². The number of aliphatic hydroxyl groups excluding tert-OH is 2. The fourth-order valence-corrected chi connectivity index (χ4v) is 6.31. The Labute approximate surface area is 248 Å². The molecular weight excluding hydrogens is 550 g/mol. The van der Waals surface area contributed by atoms with Gasteiger partial charge in [-0.25, -0.2) is 0 Å². The van der Waals surface area contributed by atoms with Crippen molar-refractivity contribution in [2.45, 2.75) is 30.7 Å². The Hall–Kier alpha value is -3.61. The molecule has 4 aromatic rings. The van der Waals surface area contributed by atoms with Crippen LogP contribution in [0.4, 0.5) is 0 Å². The van der Waals surface area contributed by atoms with Crippen molar-refractivity contribution in [2.24, 2.45) is 0 Å². The van der Waals surface area contributed by atoms with E-state index in [0.29, 0.717) is 5.46 Å². The van der Waals surface area contributed by atoms with Crippen molar-refractivity contribution in [2.75, 3.05) is 6.61 Å². The van der Waals surface area contributed by atoms with Crippen molar-refractivity contribution in [3.63, 3.8) is 0 Å². The molecule has 4 aliphatic rings. The Kier molecular flexibility index (Phi) is 7.10. The number of hydrogen-bond donors (Lipinski definition) is 5. The molecule has 0 amide bonds. The van der Waals surface area contributed by atoms with E-state index in [2.05, 4.69) is 0 Å². The third-order valence-corrected chi connectivity index (χ3v) is 8.41. The van der Waals surface area contributed by atoms with Crippen LogP contribution < -0.4 is 10.9 Å². The Morgan fingerprint density at radius 1 is 0.628 bits per heavy atom. The second-order valence-corrected chi connectivity index (χ2v) is 11.2. The van der Waals surface area contributed by atoms with Crippen molar-refractivity contribution >= 4 is 35.6 Å². The molecule has 43 heavy (non-hydrogen) atoms. The fraction of sp³-hybridized carbons (Fsp3) is 0.188. The Morgan fingerprint density at radius 3 is 1.63 bits per heavy atom. The summed E-state index contributed by atoms with van der Waals surface area (Å²) in [6.45, 7) is -6.47. The van der Waals surface area contributed by atoms with Crippen LogP contribution in [0, 0.1) is 0 Å². The normalized spacial score (nSPS) is 28.5. The molecule has 0 spiro atoms. The topological polar surface area (TPSA) is 138 Å². The van der Waals surface area contributed by atoms with Gasteiger partial charge in [0.05, 0.1) is 18.8 Å². The number of aliphatic hydroxyl groups is 2. The van der Waals surface area contributed by atoms with Gasteiger partial charge in [-0.3, -0.25) is 0 Å². The van der Waals surface area contributed by atoms with Gasteiger partial charge < -0.3 is 44.0 Å². The minimum atomic E-state index is -3.63. The van der Waals surface area contributed by atoms with Crippen LogP contribution in [0.2, 0.25) is 0 Å². The zero-order valence-corrected chi connectivity index (χ0v) is 23.0. The Bertz CT molecular complexity index is 1630. The van der Waals surface area contributed by atoms with Crippen molar-refractivity contribution < 1.29 is 44.0 Å². The van der Waals surface area contributed by atoms with E-state index >= 15 is 0 Å². The van der Waals surface area contributed by atoms with Crippen molar-refractivity contribution in [3.8, 4) is 0 Å². The quantitative estimate of drug-likeness (QED) is 0.159. The standard InChI is InChI=1S/C32H30B2O9/c35-19-26-30-29(36)31-32(40-30)43-34(41-26,42-31)25-17-13-23(14-18-25)28(21-9-5-2-6-10-21)27(20-7-3-1-4-8-20)22-11-15-24(16-12-22)33(37,38)39/h1-18,26,29-32,35-39H,19H2/q-2/b28-27+/t26-,29+,30+,31+,32-,34?/m1/s1. The SMILES string of the molecule is OC[C@H]1O[B-]2(c3ccc(/C(=C(\c4ccccc4)c4ccc([B-](O)(O)O)cc4)c4ccccc4)cc3)O[C@H]3O[C@@H]1[C@H](O)[C@@H]3O2. The smallest absolute Gasteiger partial charge is 0.412 e. The Morgan fingerprint density at radius 2 is 1.14 bits per heavy atom. The molecular formula is C32H30B2O9-2. The highest BCUT2D eigenvalue weighted by atomic mass is 16.9. The van der Waals surface area contributed by atoms with Crippen molar-refractivity contribution in [1.29, 1.82) is 0 Å². The summed E-state index contributed by atoms with van der Waals surface area (Å²) in [5.74, 6) is 0. The van der Waals surface area contributed by atoms with Gasteiger partial charge in [-0.1, -0.05) is 109 Å².